The Balaban J connectivity index is 2.28. The molecule has 1 saturated carbocycles. The van der Waals surface area contributed by atoms with Crippen LogP contribution in [-0.2, 0) is 5.41 Å². The van der Waals surface area contributed by atoms with Crippen LogP contribution in [0.5, 0.6) is 0 Å². The molecule has 1 aromatic rings. The summed E-state index contributed by atoms with van der Waals surface area (Å²) in [6.07, 6.45) is 1.92. The molecule has 19 heavy (non-hydrogen) atoms. The Morgan fingerprint density at radius 1 is 1.11 bits per heavy atom. The largest absolute Gasteiger partial charge is 0.314 e. The minimum Gasteiger partial charge on any atom is -0.314 e. The van der Waals surface area contributed by atoms with E-state index >= 15 is 0 Å². The first-order valence-electron chi connectivity index (χ1n) is 6.92. The number of hydrogen-bond donors (Lipinski definition) is 1. The summed E-state index contributed by atoms with van der Waals surface area (Å²) >= 11 is 0. The van der Waals surface area contributed by atoms with E-state index in [4.69, 9.17) is 0 Å². The summed E-state index contributed by atoms with van der Waals surface area (Å²) in [5, 5.41) is 3.42. The van der Waals surface area contributed by atoms with Gasteiger partial charge in [0.2, 0.25) is 0 Å². The molecule has 1 aromatic carbocycles. The zero-order valence-corrected chi connectivity index (χ0v) is 12.2. The SMILES string of the molecule is CC(C)NCC1(c2cc(F)cc(F)c2)CC(C)(C)C1. The number of benzene rings is 1. The van der Waals surface area contributed by atoms with Crippen LogP contribution in [-0.4, -0.2) is 12.6 Å². The van der Waals surface area contributed by atoms with E-state index in [1.54, 1.807) is 0 Å². The van der Waals surface area contributed by atoms with Crippen molar-refractivity contribution in [3.8, 4) is 0 Å². The molecule has 0 saturated heterocycles. The van der Waals surface area contributed by atoms with E-state index in [1.165, 1.54) is 12.1 Å². The third kappa shape index (κ3) is 3.14. The van der Waals surface area contributed by atoms with E-state index in [1.807, 2.05) is 0 Å². The highest BCUT2D eigenvalue weighted by atomic mass is 19.1. The van der Waals surface area contributed by atoms with Crippen molar-refractivity contribution in [2.24, 2.45) is 5.41 Å². The Bertz CT molecular complexity index is 438. The summed E-state index contributed by atoms with van der Waals surface area (Å²) in [5.74, 6) is -0.966. The maximum Gasteiger partial charge on any atom is 0.126 e. The highest BCUT2D eigenvalue weighted by Crippen LogP contribution is 2.55. The van der Waals surface area contributed by atoms with Gasteiger partial charge in [0.25, 0.3) is 0 Å². The van der Waals surface area contributed by atoms with Crippen LogP contribution in [0.4, 0.5) is 8.78 Å². The summed E-state index contributed by atoms with van der Waals surface area (Å²) in [6.45, 7) is 9.36. The van der Waals surface area contributed by atoms with Gasteiger partial charge in [0.15, 0.2) is 0 Å². The molecule has 0 amide bonds. The van der Waals surface area contributed by atoms with Crippen LogP contribution in [0, 0.1) is 17.0 Å². The fourth-order valence-electron chi connectivity index (χ4n) is 3.47. The third-order valence-corrected chi connectivity index (χ3v) is 3.96. The molecule has 0 spiro atoms. The Labute approximate surface area is 114 Å². The highest BCUT2D eigenvalue weighted by Gasteiger charge is 2.50. The molecule has 3 heteroatoms. The zero-order chi connectivity index (χ0) is 14.3. The smallest absolute Gasteiger partial charge is 0.126 e. The van der Waals surface area contributed by atoms with E-state index in [0.29, 0.717) is 6.04 Å². The van der Waals surface area contributed by atoms with Crippen LogP contribution in [0.2, 0.25) is 0 Å². The van der Waals surface area contributed by atoms with Gasteiger partial charge in [-0.25, -0.2) is 8.78 Å². The van der Waals surface area contributed by atoms with Crippen LogP contribution in [0.15, 0.2) is 18.2 Å². The number of halogens is 2. The van der Waals surface area contributed by atoms with Crippen LogP contribution in [0.1, 0.15) is 46.1 Å². The molecule has 1 fully saturated rings. The first-order valence-corrected chi connectivity index (χ1v) is 6.92. The van der Waals surface area contributed by atoms with Crippen molar-refractivity contribution in [2.45, 2.75) is 52.0 Å². The number of hydrogen-bond acceptors (Lipinski definition) is 1. The number of rotatable bonds is 4. The van der Waals surface area contributed by atoms with Crippen molar-refractivity contribution < 1.29 is 8.78 Å². The molecule has 0 atom stereocenters. The fraction of sp³-hybridized carbons (Fsp3) is 0.625. The van der Waals surface area contributed by atoms with Gasteiger partial charge >= 0.3 is 0 Å². The first kappa shape index (κ1) is 14.4. The molecule has 106 valence electrons. The van der Waals surface area contributed by atoms with Gasteiger partial charge in [0.1, 0.15) is 11.6 Å². The monoisotopic (exact) mass is 267 g/mol. The quantitative estimate of drug-likeness (QED) is 0.868. The first-order chi connectivity index (χ1) is 8.72. The topological polar surface area (TPSA) is 12.0 Å². The summed E-state index contributed by atoms with van der Waals surface area (Å²) < 4.78 is 26.9. The minimum atomic E-state index is -0.483. The van der Waals surface area contributed by atoms with Gasteiger partial charge in [-0.3, -0.25) is 0 Å². The minimum absolute atomic E-state index is 0.128. The second-order valence-electron chi connectivity index (χ2n) is 6.99. The molecule has 2 rings (SSSR count). The lowest BCUT2D eigenvalue weighted by molar-refractivity contribution is 0.0543. The molecular weight excluding hydrogens is 244 g/mol. The van der Waals surface area contributed by atoms with E-state index in [9.17, 15) is 8.78 Å². The summed E-state index contributed by atoms with van der Waals surface area (Å²) in [7, 11) is 0. The summed E-state index contributed by atoms with van der Waals surface area (Å²) in [6, 6.07) is 4.29. The molecule has 1 nitrogen and oxygen atoms in total. The van der Waals surface area contributed by atoms with Crippen molar-refractivity contribution in [2.75, 3.05) is 6.54 Å². The lowest BCUT2D eigenvalue weighted by Gasteiger charge is -2.54. The Hall–Kier alpha value is -0.960. The molecule has 0 bridgehead atoms. The normalized spacial score (nSPS) is 20.4. The Morgan fingerprint density at radius 2 is 1.63 bits per heavy atom. The van der Waals surface area contributed by atoms with Gasteiger partial charge in [-0.05, 0) is 36.0 Å². The average molecular weight is 267 g/mol. The molecule has 0 radical (unpaired) electrons. The molecule has 1 aliphatic carbocycles. The predicted octanol–water partition coefficient (Wildman–Crippen LogP) is 4.02. The van der Waals surface area contributed by atoms with Crippen LogP contribution in [0.25, 0.3) is 0 Å². The van der Waals surface area contributed by atoms with Gasteiger partial charge in [-0.15, -0.1) is 0 Å². The predicted molar refractivity (Wildman–Crippen MR) is 74.2 cm³/mol. The van der Waals surface area contributed by atoms with Crippen LogP contribution >= 0.6 is 0 Å². The molecular formula is C16H23F2N. The fourth-order valence-corrected chi connectivity index (χ4v) is 3.47. The van der Waals surface area contributed by atoms with Crippen molar-refractivity contribution in [3.05, 3.63) is 35.4 Å². The standard InChI is InChI=1S/C16H23F2N/c1-11(2)19-10-16(8-15(3,4)9-16)12-5-13(17)7-14(18)6-12/h5-7,11,19H,8-10H2,1-4H3. The van der Waals surface area contributed by atoms with E-state index in [0.717, 1.165) is 31.0 Å². The van der Waals surface area contributed by atoms with Gasteiger partial charge in [-0.2, -0.15) is 0 Å². The maximum absolute atomic E-state index is 13.4. The molecule has 0 aliphatic heterocycles. The van der Waals surface area contributed by atoms with Crippen molar-refractivity contribution in [3.63, 3.8) is 0 Å². The van der Waals surface area contributed by atoms with Gasteiger partial charge in [0, 0.05) is 24.1 Å². The van der Waals surface area contributed by atoms with E-state index < -0.39 is 11.6 Å². The Kier molecular flexibility index (Phi) is 3.69. The van der Waals surface area contributed by atoms with Crippen molar-refractivity contribution in [1.29, 1.82) is 0 Å². The van der Waals surface area contributed by atoms with Crippen molar-refractivity contribution in [1.82, 2.24) is 5.32 Å². The lowest BCUT2D eigenvalue weighted by atomic mass is 9.52. The Morgan fingerprint density at radius 3 is 2.05 bits per heavy atom. The van der Waals surface area contributed by atoms with E-state index in [-0.39, 0.29) is 10.8 Å². The summed E-state index contributed by atoms with van der Waals surface area (Å²) in [4.78, 5) is 0. The molecule has 1 N–H and O–H groups in total. The number of nitrogens with one attached hydrogen (secondary N) is 1. The molecule has 0 heterocycles. The highest BCUT2D eigenvalue weighted by molar-refractivity contribution is 5.32. The second-order valence-corrected chi connectivity index (χ2v) is 6.99. The van der Waals surface area contributed by atoms with Crippen molar-refractivity contribution >= 4 is 0 Å². The van der Waals surface area contributed by atoms with Gasteiger partial charge in [-0.1, -0.05) is 27.7 Å². The second kappa shape index (κ2) is 4.86. The van der Waals surface area contributed by atoms with Gasteiger partial charge < -0.3 is 5.32 Å². The van der Waals surface area contributed by atoms with E-state index in [2.05, 4.69) is 33.0 Å². The summed E-state index contributed by atoms with van der Waals surface area (Å²) in [5.41, 5.74) is 0.913. The zero-order valence-electron chi connectivity index (χ0n) is 12.2. The molecule has 1 aliphatic rings. The molecule has 0 aromatic heterocycles. The van der Waals surface area contributed by atoms with Gasteiger partial charge in [0.05, 0.1) is 0 Å². The van der Waals surface area contributed by atoms with Crippen LogP contribution < -0.4 is 5.32 Å². The average Bonchev–Trinajstić information content (AvgIpc) is 2.21. The molecule has 0 unspecified atom stereocenters. The lowest BCUT2D eigenvalue weighted by Crippen LogP contribution is -2.53. The third-order valence-electron chi connectivity index (χ3n) is 3.96. The van der Waals surface area contributed by atoms with Crippen LogP contribution in [0.3, 0.4) is 0 Å². The maximum atomic E-state index is 13.4.